The SMILES string of the molecule is CCNC(Cc1ccc(N)cc1)=NC. The molecule has 76 valence electrons. The van der Waals surface area contributed by atoms with Crippen LogP contribution in [0.25, 0.3) is 0 Å². The van der Waals surface area contributed by atoms with Gasteiger partial charge in [-0.3, -0.25) is 4.99 Å². The zero-order valence-corrected chi connectivity index (χ0v) is 8.75. The monoisotopic (exact) mass is 191 g/mol. The van der Waals surface area contributed by atoms with Crippen LogP contribution in [-0.4, -0.2) is 19.4 Å². The molecular weight excluding hydrogens is 174 g/mol. The predicted octanol–water partition coefficient (Wildman–Crippen LogP) is 1.45. The van der Waals surface area contributed by atoms with Crippen LogP contribution >= 0.6 is 0 Å². The van der Waals surface area contributed by atoms with E-state index >= 15 is 0 Å². The minimum absolute atomic E-state index is 0.798. The topological polar surface area (TPSA) is 50.4 Å². The first-order valence-corrected chi connectivity index (χ1v) is 4.80. The van der Waals surface area contributed by atoms with Gasteiger partial charge in [0.1, 0.15) is 5.84 Å². The van der Waals surface area contributed by atoms with Crippen LogP contribution in [0.4, 0.5) is 5.69 Å². The number of benzene rings is 1. The third kappa shape index (κ3) is 3.09. The van der Waals surface area contributed by atoms with E-state index in [2.05, 4.69) is 17.2 Å². The number of anilines is 1. The lowest BCUT2D eigenvalue weighted by molar-refractivity contribution is 0.937. The van der Waals surface area contributed by atoms with Crippen molar-refractivity contribution in [3.05, 3.63) is 29.8 Å². The molecule has 0 amide bonds. The summed E-state index contributed by atoms with van der Waals surface area (Å²) in [6, 6.07) is 7.87. The molecule has 14 heavy (non-hydrogen) atoms. The van der Waals surface area contributed by atoms with Crippen molar-refractivity contribution in [1.82, 2.24) is 5.32 Å². The minimum atomic E-state index is 0.798. The lowest BCUT2D eigenvalue weighted by Crippen LogP contribution is -2.24. The van der Waals surface area contributed by atoms with Crippen LogP contribution in [-0.2, 0) is 6.42 Å². The average Bonchev–Trinajstić information content (AvgIpc) is 2.20. The zero-order valence-electron chi connectivity index (χ0n) is 8.75. The second-order valence-electron chi connectivity index (χ2n) is 3.12. The van der Waals surface area contributed by atoms with Gasteiger partial charge in [0.2, 0.25) is 0 Å². The van der Waals surface area contributed by atoms with Gasteiger partial charge in [-0.15, -0.1) is 0 Å². The van der Waals surface area contributed by atoms with Crippen LogP contribution in [0, 0.1) is 0 Å². The van der Waals surface area contributed by atoms with E-state index in [9.17, 15) is 0 Å². The maximum atomic E-state index is 5.60. The smallest absolute Gasteiger partial charge is 0.100 e. The lowest BCUT2D eigenvalue weighted by atomic mass is 10.1. The van der Waals surface area contributed by atoms with Crippen molar-refractivity contribution in [1.29, 1.82) is 0 Å². The van der Waals surface area contributed by atoms with Gasteiger partial charge in [-0.1, -0.05) is 12.1 Å². The molecule has 0 fully saturated rings. The van der Waals surface area contributed by atoms with Crippen LogP contribution in [0.15, 0.2) is 29.3 Å². The summed E-state index contributed by atoms with van der Waals surface area (Å²) in [6.07, 6.45) is 0.838. The third-order valence-electron chi connectivity index (χ3n) is 2.00. The molecule has 0 aliphatic heterocycles. The summed E-state index contributed by atoms with van der Waals surface area (Å²) in [6.45, 7) is 2.97. The highest BCUT2D eigenvalue weighted by Gasteiger charge is 1.98. The number of likely N-dealkylation sites (N-methyl/N-ethyl adjacent to an activating group) is 1. The highest BCUT2D eigenvalue weighted by Crippen LogP contribution is 2.06. The average molecular weight is 191 g/mol. The number of nitrogens with one attached hydrogen (secondary N) is 1. The Morgan fingerprint density at radius 3 is 2.50 bits per heavy atom. The normalized spacial score (nSPS) is 11.4. The molecule has 3 heteroatoms. The van der Waals surface area contributed by atoms with Gasteiger partial charge in [0, 0.05) is 25.7 Å². The van der Waals surface area contributed by atoms with Gasteiger partial charge in [-0.05, 0) is 24.6 Å². The standard InChI is InChI=1S/C11H17N3/c1-3-14-11(13-2)8-9-4-6-10(12)7-5-9/h4-7H,3,8,12H2,1-2H3,(H,13,14). The van der Waals surface area contributed by atoms with Gasteiger partial charge >= 0.3 is 0 Å². The lowest BCUT2D eigenvalue weighted by Gasteiger charge is -2.07. The molecule has 0 atom stereocenters. The fraction of sp³-hybridized carbons (Fsp3) is 0.364. The molecule has 0 aliphatic carbocycles. The highest BCUT2D eigenvalue weighted by molar-refractivity contribution is 5.84. The fourth-order valence-electron chi connectivity index (χ4n) is 1.25. The first kappa shape index (κ1) is 10.6. The maximum Gasteiger partial charge on any atom is 0.100 e. The maximum absolute atomic E-state index is 5.60. The molecule has 1 rings (SSSR count). The van der Waals surface area contributed by atoms with Gasteiger partial charge in [-0.2, -0.15) is 0 Å². The van der Waals surface area contributed by atoms with Crippen LogP contribution in [0.3, 0.4) is 0 Å². The first-order chi connectivity index (χ1) is 6.76. The van der Waals surface area contributed by atoms with Gasteiger partial charge in [0.25, 0.3) is 0 Å². The Kier molecular flexibility index (Phi) is 3.98. The van der Waals surface area contributed by atoms with Crippen LogP contribution in [0.1, 0.15) is 12.5 Å². The summed E-state index contributed by atoms with van der Waals surface area (Å²) >= 11 is 0. The molecule has 0 aliphatic rings. The first-order valence-electron chi connectivity index (χ1n) is 4.80. The number of hydrogen-bond donors (Lipinski definition) is 2. The van der Waals surface area contributed by atoms with E-state index in [0.717, 1.165) is 24.5 Å². The molecule has 3 N–H and O–H groups in total. The number of nitrogen functional groups attached to an aromatic ring is 1. The molecule has 0 saturated heterocycles. The molecule has 0 aromatic heterocycles. The van der Waals surface area contributed by atoms with E-state index in [1.165, 1.54) is 5.56 Å². The molecule has 0 saturated carbocycles. The van der Waals surface area contributed by atoms with Gasteiger partial charge in [0.15, 0.2) is 0 Å². The van der Waals surface area contributed by atoms with Crippen molar-refractivity contribution in [2.75, 3.05) is 19.3 Å². The van der Waals surface area contributed by atoms with Crippen molar-refractivity contribution < 1.29 is 0 Å². The molecule has 1 aromatic carbocycles. The highest BCUT2D eigenvalue weighted by atomic mass is 15.0. The molecule has 0 heterocycles. The summed E-state index contributed by atoms with van der Waals surface area (Å²) in [5, 5.41) is 3.21. The Bertz CT molecular complexity index is 301. The molecule has 0 radical (unpaired) electrons. The van der Waals surface area contributed by atoms with Crippen LogP contribution in [0.2, 0.25) is 0 Å². The summed E-state index contributed by atoms with van der Waals surface area (Å²) in [5.74, 6) is 1.01. The number of rotatable bonds is 3. The van der Waals surface area contributed by atoms with E-state index in [4.69, 9.17) is 5.73 Å². The van der Waals surface area contributed by atoms with Gasteiger partial charge < -0.3 is 11.1 Å². The summed E-state index contributed by atoms with van der Waals surface area (Å²) in [7, 11) is 1.80. The molecule has 0 bridgehead atoms. The number of nitrogens with two attached hydrogens (primary N) is 1. The number of aliphatic imine (C=N–C) groups is 1. The van der Waals surface area contributed by atoms with Crippen molar-refractivity contribution in [3.63, 3.8) is 0 Å². The van der Waals surface area contributed by atoms with Gasteiger partial charge in [-0.25, -0.2) is 0 Å². The van der Waals surface area contributed by atoms with E-state index in [0.29, 0.717) is 0 Å². The van der Waals surface area contributed by atoms with Crippen molar-refractivity contribution in [2.24, 2.45) is 4.99 Å². The largest absolute Gasteiger partial charge is 0.399 e. The predicted molar refractivity (Wildman–Crippen MR) is 61.6 cm³/mol. The Labute approximate surface area is 85.0 Å². The van der Waals surface area contributed by atoms with Crippen molar-refractivity contribution in [2.45, 2.75) is 13.3 Å². The Hall–Kier alpha value is -1.51. The van der Waals surface area contributed by atoms with Gasteiger partial charge in [0.05, 0.1) is 0 Å². The quantitative estimate of drug-likeness (QED) is 0.431. The third-order valence-corrected chi connectivity index (χ3v) is 2.00. The second-order valence-corrected chi connectivity index (χ2v) is 3.12. The second kappa shape index (κ2) is 5.27. The Morgan fingerprint density at radius 2 is 2.00 bits per heavy atom. The number of amidine groups is 1. The molecular formula is C11H17N3. The summed E-state index contributed by atoms with van der Waals surface area (Å²) in [5.41, 5.74) is 7.62. The van der Waals surface area contributed by atoms with E-state index in [1.807, 2.05) is 24.3 Å². The molecule has 0 spiro atoms. The summed E-state index contributed by atoms with van der Waals surface area (Å²) < 4.78 is 0. The zero-order chi connectivity index (χ0) is 10.4. The Balaban J connectivity index is 2.63. The number of nitrogens with zero attached hydrogens (tertiary/aromatic N) is 1. The van der Waals surface area contributed by atoms with Crippen LogP contribution < -0.4 is 11.1 Å². The minimum Gasteiger partial charge on any atom is -0.399 e. The van der Waals surface area contributed by atoms with Crippen molar-refractivity contribution >= 4 is 11.5 Å². The summed E-state index contributed by atoms with van der Waals surface area (Å²) in [4.78, 5) is 4.17. The number of hydrogen-bond acceptors (Lipinski definition) is 2. The van der Waals surface area contributed by atoms with E-state index in [-0.39, 0.29) is 0 Å². The molecule has 3 nitrogen and oxygen atoms in total. The molecule has 0 unspecified atom stereocenters. The van der Waals surface area contributed by atoms with Crippen molar-refractivity contribution in [3.8, 4) is 0 Å². The van der Waals surface area contributed by atoms with Crippen LogP contribution in [0.5, 0.6) is 0 Å². The fourth-order valence-corrected chi connectivity index (χ4v) is 1.25. The van der Waals surface area contributed by atoms with E-state index in [1.54, 1.807) is 7.05 Å². The van der Waals surface area contributed by atoms with E-state index < -0.39 is 0 Å². The Morgan fingerprint density at radius 1 is 1.36 bits per heavy atom. The molecule has 1 aromatic rings.